The predicted molar refractivity (Wildman–Crippen MR) is 76.5 cm³/mol. The molecule has 4 nitrogen and oxygen atoms in total. The molecule has 19 heavy (non-hydrogen) atoms. The van der Waals surface area contributed by atoms with Crippen molar-refractivity contribution in [2.24, 2.45) is 0 Å². The Morgan fingerprint density at radius 3 is 2.58 bits per heavy atom. The molecule has 1 aromatic carbocycles. The van der Waals surface area contributed by atoms with Gasteiger partial charge in [-0.25, -0.2) is 8.42 Å². The molecule has 0 heterocycles. The molecular weight excluding hydrogens is 288 g/mol. The van der Waals surface area contributed by atoms with Gasteiger partial charge in [0.2, 0.25) is 9.05 Å². The van der Waals surface area contributed by atoms with E-state index in [0.717, 1.165) is 5.75 Å². The number of benzene rings is 1. The molecule has 0 bridgehead atoms. The molecule has 0 radical (unpaired) electrons. The summed E-state index contributed by atoms with van der Waals surface area (Å²) in [6.45, 7) is 5.03. The van der Waals surface area contributed by atoms with E-state index in [4.69, 9.17) is 20.2 Å². The zero-order valence-electron chi connectivity index (χ0n) is 11.1. The highest BCUT2D eigenvalue weighted by molar-refractivity contribution is 8.13. The van der Waals surface area contributed by atoms with Crippen LogP contribution >= 0.6 is 10.7 Å². The summed E-state index contributed by atoms with van der Waals surface area (Å²) in [5.74, 6) is 1.06. The zero-order valence-corrected chi connectivity index (χ0v) is 12.7. The number of hydrogen-bond donors (Lipinski definition) is 0. The van der Waals surface area contributed by atoms with E-state index in [9.17, 15) is 8.42 Å². The molecule has 0 atom stereocenters. The van der Waals surface area contributed by atoms with Crippen molar-refractivity contribution < 1.29 is 17.9 Å². The van der Waals surface area contributed by atoms with Crippen molar-refractivity contribution in [2.75, 3.05) is 25.6 Å². The Kier molecular flexibility index (Phi) is 6.62. The van der Waals surface area contributed by atoms with E-state index in [0.29, 0.717) is 19.1 Å². The summed E-state index contributed by atoms with van der Waals surface area (Å²) in [4.78, 5) is 0. The van der Waals surface area contributed by atoms with E-state index in [-0.39, 0.29) is 12.4 Å². The van der Waals surface area contributed by atoms with Gasteiger partial charge in [-0.15, -0.1) is 0 Å². The molecule has 0 aliphatic rings. The summed E-state index contributed by atoms with van der Waals surface area (Å²) in [6.07, 6.45) is 0. The van der Waals surface area contributed by atoms with Crippen molar-refractivity contribution in [3.05, 3.63) is 29.8 Å². The largest absolute Gasteiger partial charge is 0.491 e. The second-order valence-corrected chi connectivity index (χ2v) is 7.33. The van der Waals surface area contributed by atoms with E-state index in [1.165, 1.54) is 5.56 Å². The van der Waals surface area contributed by atoms with Crippen molar-refractivity contribution in [3.63, 3.8) is 0 Å². The third kappa shape index (κ3) is 7.40. The zero-order chi connectivity index (χ0) is 14.3. The molecule has 0 aliphatic carbocycles. The van der Waals surface area contributed by atoms with Crippen LogP contribution in [-0.4, -0.2) is 34.0 Å². The Labute approximate surface area is 119 Å². The van der Waals surface area contributed by atoms with Gasteiger partial charge < -0.3 is 9.47 Å². The summed E-state index contributed by atoms with van der Waals surface area (Å²) in [7, 11) is 1.58. The maximum Gasteiger partial charge on any atom is 0.234 e. The SMILES string of the molecule is CC(C)c1cccc(OCCOCCS(=O)(=O)Cl)c1. The van der Waals surface area contributed by atoms with Crippen LogP contribution in [0.15, 0.2) is 24.3 Å². The van der Waals surface area contributed by atoms with Crippen LogP contribution in [0.2, 0.25) is 0 Å². The molecule has 0 saturated carbocycles. The minimum absolute atomic E-state index is 0.0846. The summed E-state index contributed by atoms with van der Waals surface area (Å²) < 4.78 is 31.9. The minimum atomic E-state index is -3.47. The summed E-state index contributed by atoms with van der Waals surface area (Å²) >= 11 is 0. The molecule has 0 N–H and O–H groups in total. The molecule has 1 aromatic rings. The molecule has 6 heteroatoms. The van der Waals surface area contributed by atoms with Crippen LogP contribution < -0.4 is 4.74 Å². The molecule has 0 amide bonds. The third-order valence-corrected chi connectivity index (χ3v) is 3.61. The summed E-state index contributed by atoms with van der Waals surface area (Å²) in [5.41, 5.74) is 1.21. The second kappa shape index (κ2) is 7.72. The van der Waals surface area contributed by atoms with E-state index in [1.54, 1.807) is 0 Å². The maximum atomic E-state index is 10.6. The van der Waals surface area contributed by atoms with Crippen LogP contribution in [-0.2, 0) is 13.8 Å². The Morgan fingerprint density at radius 1 is 1.21 bits per heavy atom. The highest BCUT2D eigenvalue weighted by Crippen LogP contribution is 2.19. The van der Waals surface area contributed by atoms with Gasteiger partial charge >= 0.3 is 0 Å². The van der Waals surface area contributed by atoms with Crippen LogP contribution in [0.25, 0.3) is 0 Å². The Hall–Kier alpha value is -0.780. The fourth-order valence-electron chi connectivity index (χ4n) is 1.44. The van der Waals surface area contributed by atoms with E-state index >= 15 is 0 Å². The number of halogens is 1. The standard InChI is InChI=1S/C13H19ClO4S/c1-11(2)12-4-3-5-13(10-12)18-7-6-17-8-9-19(14,15)16/h3-5,10-11H,6-9H2,1-2H3. The molecule has 0 aliphatic heterocycles. The molecule has 108 valence electrons. The molecule has 0 spiro atoms. The highest BCUT2D eigenvalue weighted by atomic mass is 35.7. The lowest BCUT2D eigenvalue weighted by Crippen LogP contribution is -2.12. The first-order valence-electron chi connectivity index (χ1n) is 6.11. The first kappa shape index (κ1) is 16.3. The number of hydrogen-bond acceptors (Lipinski definition) is 4. The van der Waals surface area contributed by atoms with Crippen molar-refractivity contribution in [1.29, 1.82) is 0 Å². The van der Waals surface area contributed by atoms with Crippen LogP contribution in [0.3, 0.4) is 0 Å². The normalized spacial score (nSPS) is 11.8. The second-order valence-electron chi connectivity index (χ2n) is 4.43. The van der Waals surface area contributed by atoms with E-state index in [1.807, 2.05) is 18.2 Å². The lowest BCUT2D eigenvalue weighted by atomic mass is 10.0. The Balaban J connectivity index is 2.24. The first-order chi connectivity index (χ1) is 8.88. The van der Waals surface area contributed by atoms with Gasteiger partial charge in [-0.05, 0) is 23.6 Å². The highest BCUT2D eigenvalue weighted by Gasteiger charge is 2.04. The van der Waals surface area contributed by atoms with Crippen LogP contribution in [0.1, 0.15) is 25.3 Å². The third-order valence-electron chi connectivity index (χ3n) is 2.49. The predicted octanol–water partition coefficient (Wildman–Crippen LogP) is 2.77. The minimum Gasteiger partial charge on any atom is -0.491 e. The van der Waals surface area contributed by atoms with Crippen molar-refractivity contribution in [2.45, 2.75) is 19.8 Å². The molecule has 0 fully saturated rings. The lowest BCUT2D eigenvalue weighted by molar-refractivity contribution is 0.111. The quantitative estimate of drug-likeness (QED) is 0.547. The van der Waals surface area contributed by atoms with Gasteiger partial charge in [-0.1, -0.05) is 26.0 Å². The fourth-order valence-corrected chi connectivity index (χ4v) is 1.95. The van der Waals surface area contributed by atoms with Crippen molar-refractivity contribution in [1.82, 2.24) is 0 Å². The molecule has 0 saturated heterocycles. The average molecular weight is 307 g/mol. The molecule has 1 rings (SSSR count). The summed E-state index contributed by atoms with van der Waals surface area (Å²) in [5, 5.41) is 0. The number of ether oxygens (including phenoxy) is 2. The van der Waals surface area contributed by atoms with E-state index < -0.39 is 9.05 Å². The smallest absolute Gasteiger partial charge is 0.234 e. The molecular formula is C13H19ClO4S. The van der Waals surface area contributed by atoms with Crippen molar-refractivity contribution >= 4 is 19.7 Å². The van der Waals surface area contributed by atoms with Crippen LogP contribution in [0.4, 0.5) is 0 Å². The van der Waals surface area contributed by atoms with Gasteiger partial charge in [0.05, 0.1) is 19.0 Å². The fraction of sp³-hybridized carbons (Fsp3) is 0.538. The van der Waals surface area contributed by atoms with Gasteiger partial charge in [0.25, 0.3) is 0 Å². The molecule has 0 unspecified atom stereocenters. The van der Waals surface area contributed by atoms with Gasteiger partial charge in [0.1, 0.15) is 12.4 Å². The first-order valence-corrected chi connectivity index (χ1v) is 8.59. The average Bonchev–Trinajstić information content (AvgIpc) is 2.32. The molecule has 0 aromatic heterocycles. The van der Waals surface area contributed by atoms with Gasteiger partial charge in [0, 0.05) is 10.7 Å². The topological polar surface area (TPSA) is 52.6 Å². The van der Waals surface area contributed by atoms with Crippen LogP contribution in [0, 0.1) is 0 Å². The Morgan fingerprint density at radius 2 is 1.95 bits per heavy atom. The van der Waals surface area contributed by atoms with Crippen LogP contribution in [0.5, 0.6) is 5.75 Å². The van der Waals surface area contributed by atoms with Gasteiger partial charge in [0.15, 0.2) is 0 Å². The number of rotatable bonds is 8. The monoisotopic (exact) mass is 306 g/mol. The maximum absolute atomic E-state index is 10.6. The van der Waals surface area contributed by atoms with E-state index in [2.05, 4.69) is 19.9 Å². The summed E-state index contributed by atoms with van der Waals surface area (Å²) in [6, 6.07) is 7.88. The van der Waals surface area contributed by atoms with Crippen molar-refractivity contribution in [3.8, 4) is 5.75 Å². The Bertz CT molecular complexity index is 485. The van der Waals surface area contributed by atoms with Gasteiger partial charge in [-0.2, -0.15) is 0 Å². The van der Waals surface area contributed by atoms with Gasteiger partial charge in [-0.3, -0.25) is 0 Å². The lowest BCUT2D eigenvalue weighted by Gasteiger charge is -2.10.